The monoisotopic (exact) mass is 312 g/mol. The van der Waals surface area contributed by atoms with E-state index in [4.69, 9.17) is 5.11 Å². The molecule has 2 amide bonds. The maximum absolute atomic E-state index is 11.6. The van der Waals surface area contributed by atoms with Crippen molar-refractivity contribution in [3.63, 3.8) is 0 Å². The van der Waals surface area contributed by atoms with E-state index in [2.05, 4.69) is 16.9 Å². The van der Waals surface area contributed by atoms with Crippen LogP contribution in [-0.4, -0.2) is 40.8 Å². The predicted molar refractivity (Wildman–Crippen MR) is 84.3 cm³/mol. The van der Waals surface area contributed by atoms with Crippen molar-refractivity contribution in [1.29, 1.82) is 0 Å². The molecule has 0 saturated carbocycles. The lowest BCUT2D eigenvalue weighted by molar-refractivity contribution is 0.0693. The predicted octanol–water partition coefficient (Wildman–Crippen LogP) is 2.75. The van der Waals surface area contributed by atoms with E-state index in [9.17, 15) is 14.7 Å². The molecule has 0 unspecified atom stereocenters. The van der Waals surface area contributed by atoms with Crippen molar-refractivity contribution in [3.05, 3.63) is 23.8 Å². The van der Waals surface area contributed by atoms with Gasteiger partial charge in [0.2, 0.25) is 0 Å². The zero-order valence-corrected chi connectivity index (χ0v) is 12.7. The highest BCUT2D eigenvalue weighted by Crippen LogP contribution is 2.21. The third-order valence-electron chi connectivity index (χ3n) is 2.80. The molecule has 1 aromatic carbocycles. The number of hydrogen-bond donors (Lipinski definition) is 4. The van der Waals surface area contributed by atoms with Gasteiger partial charge in [-0.25, -0.2) is 9.59 Å². The normalized spacial score (nSPS) is 10.1. The molecule has 4 N–H and O–H groups in total. The quantitative estimate of drug-likeness (QED) is 0.437. The van der Waals surface area contributed by atoms with E-state index in [0.717, 1.165) is 25.0 Å². The summed E-state index contributed by atoms with van der Waals surface area (Å²) in [5.74, 6) is -0.454. The van der Waals surface area contributed by atoms with Crippen LogP contribution >= 0.6 is 11.8 Å². The van der Waals surface area contributed by atoms with Gasteiger partial charge in [0.05, 0.1) is 0 Å². The van der Waals surface area contributed by atoms with Gasteiger partial charge in [0, 0.05) is 12.2 Å². The lowest BCUT2D eigenvalue weighted by Gasteiger charge is -2.09. The molecular formula is C14H20N2O4S. The maximum Gasteiger partial charge on any atom is 0.339 e. The number of carboxylic acids is 1. The van der Waals surface area contributed by atoms with Crippen LogP contribution < -0.4 is 10.6 Å². The third-order valence-corrected chi connectivity index (χ3v) is 3.49. The van der Waals surface area contributed by atoms with E-state index in [1.807, 2.05) is 0 Å². The van der Waals surface area contributed by atoms with Gasteiger partial charge in [-0.15, -0.1) is 0 Å². The Balaban J connectivity index is 2.38. The van der Waals surface area contributed by atoms with Gasteiger partial charge in [0.1, 0.15) is 11.3 Å². The Kier molecular flexibility index (Phi) is 7.45. The minimum atomic E-state index is -1.25. The largest absolute Gasteiger partial charge is 0.507 e. The maximum atomic E-state index is 11.6. The van der Waals surface area contributed by atoms with Gasteiger partial charge in [-0.3, -0.25) is 0 Å². The Labute approximate surface area is 127 Å². The second kappa shape index (κ2) is 9.12. The summed E-state index contributed by atoms with van der Waals surface area (Å²) in [6.07, 6.45) is 5.16. The average Bonchev–Trinajstić information content (AvgIpc) is 2.44. The van der Waals surface area contributed by atoms with Crippen molar-refractivity contribution in [2.24, 2.45) is 0 Å². The number of unbranched alkanes of at least 4 members (excludes halogenated alkanes) is 2. The van der Waals surface area contributed by atoms with Gasteiger partial charge in [0.15, 0.2) is 0 Å². The number of carbonyl (C=O) groups excluding carboxylic acids is 1. The molecule has 0 fully saturated rings. The number of anilines is 1. The number of benzene rings is 1. The van der Waals surface area contributed by atoms with E-state index in [-0.39, 0.29) is 17.3 Å². The Hall–Kier alpha value is -1.89. The Morgan fingerprint density at radius 3 is 2.67 bits per heavy atom. The molecule has 0 radical (unpaired) electrons. The molecule has 0 aliphatic carbocycles. The minimum absolute atomic E-state index is 0.245. The average molecular weight is 312 g/mol. The van der Waals surface area contributed by atoms with Crippen LogP contribution in [0.3, 0.4) is 0 Å². The highest BCUT2D eigenvalue weighted by molar-refractivity contribution is 7.98. The Bertz CT molecular complexity index is 494. The zero-order chi connectivity index (χ0) is 15.7. The number of hydrogen-bond acceptors (Lipinski definition) is 4. The first-order valence-corrected chi connectivity index (χ1v) is 8.04. The smallest absolute Gasteiger partial charge is 0.339 e. The molecule has 0 saturated heterocycles. The number of thioether (sulfide) groups is 1. The summed E-state index contributed by atoms with van der Waals surface area (Å²) in [4.78, 5) is 22.5. The first-order chi connectivity index (χ1) is 10.0. The summed E-state index contributed by atoms with van der Waals surface area (Å²) in [5, 5.41) is 23.5. The van der Waals surface area contributed by atoms with Crippen molar-refractivity contribution in [2.75, 3.05) is 23.9 Å². The van der Waals surface area contributed by atoms with Crippen LogP contribution in [0.1, 0.15) is 29.6 Å². The topological polar surface area (TPSA) is 98.7 Å². The number of rotatable bonds is 8. The van der Waals surface area contributed by atoms with E-state index < -0.39 is 5.97 Å². The summed E-state index contributed by atoms with van der Waals surface area (Å²) >= 11 is 1.80. The molecule has 0 spiro atoms. The number of carbonyl (C=O) groups is 2. The van der Waals surface area contributed by atoms with E-state index in [0.29, 0.717) is 12.2 Å². The number of aromatic carboxylic acids is 1. The van der Waals surface area contributed by atoms with E-state index in [1.165, 1.54) is 18.2 Å². The van der Waals surface area contributed by atoms with Gasteiger partial charge >= 0.3 is 12.0 Å². The van der Waals surface area contributed by atoms with E-state index in [1.54, 1.807) is 11.8 Å². The minimum Gasteiger partial charge on any atom is -0.507 e. The molecule has 7 heteroatoms. The number of aromatic hydroxyl groups is 1. The summed E-state index contributed by atoms with van der Waals surface area (Å²) in [5.41, 5.74) is 0.0787. The molecule has 21 heavy (non-hydrogen) atoms. The van der Waals surface area contributed by atoms with Gasteiger partial charge in [-0.05, 0) is 43.0 Å². The molecular weight excluding hydrogens is 292 g/mol. The van der Waals surface area contributed by atoms with Crippen LogP contribution in [0.2, 0.25) is 0 Å². The zero-order valence-electron chi connectivity index (χ0n) is 11.9. The number of amides is 2. The molecule has 116 valence electrons. The highest BCUT2D eigenvalue weighted by Gasteiger charge is 2.11. The summed E-state index contributed by atoms with van der Waals surface area (Å²) in [6.45, 7) is 0.573. The summed E-state index contributed by atoms with van der Waals surface area (Å²) < 4.78 is 0. The van der Waals surface area contributed by atoms with Crippen molar-refractivity contribution >= 4 is 29.4 Å². The Morgan fingerprint density at radius 1 is 1.24 bits per heavy atom. The fourth-order valence-electron chi connectivity index (χ4n) is 1.71. The molecule has 1 aromatic rings. The molecule has 0 aliphatic rings. The van der Waals surface area contributed by atoms with Crippen LogP contribution in [0.5, 0.6) is 5.75 Å². The molecule has 0 aliphatic heterocycles. The number of carboxylic acid groups (broad SMARTS) is 1. The Morgan fingerprint density at radius 2 is 2.00 bits per heavy atom. The number of urea groups is 1. The van der Waals surface area contributed by atoms with Crippen LogP contribution in [0.4, 0.5) is 10.5 Å². The van der Waals surface area contributed by atoms with Crippen LogP contribution in [0.25, 0.3) is 0 Å². The van der Waals surface area contributed by atoms with Crippen LogP contribution in [0.15, 0.2) is 18.2 Å². The molecule has 0 atom stereocenters. The number of phenols is 1. The van der Waals surface area contributed by atoms with Crippen molar-refractivity contribution in [1.82, 2.24) is 5.32 Å². The van der Waals surface area contributed by atoms with Crippen molar-refractivity contribution < 1.29 is 19.8 Å². The third kappa shape index (κ3) is 6.40. The van der Waals surface area contributed by atoms with Gasteiger partial charge in [-0.1, -0.05) is 6.42 Å². The van der Waals surface area contributed by atoms with Gasteiger partial charge < -0.3 is 20.8 Å². The highest BCUT2D eigenvalue weighted by atomic mass is 32.2. The molecule has 1 rings (SSSR count). The van der Waals surface area contributed by atoms with Crippen molar-refractivity contribution in [2.45, 2.75) is 19.3 Å². The van der Waals surface area contributed by atoms with Gasteiger partial charge in [0.25, 0.3) is 0 Å². The van der Waals surface area contributed by atoms with Gasteiger partial charge in [-0.2, -0.15) is 11.8 Å². The fraction of sp³-hybridized carbons (Fsp3) is 0.429. The molecule has 0 aromatic heterocycles. The second-order valence-corrected chi connectivity index (χ2v) is 5.46. The molecule has 0 bridgehead atoms. The number of nitrogens with one attached hydrogen (secondary N) is 2. The lowest BCUT2D eigenvalue weighted by atomic mass is 10.2. The summed E-state index contributed by atoms with van der Waals surface area (Å²) in [7, 11) is 0. The molecule has 6 nitrogen and oxygen atoms in total. The molecule has 0 heterocycles. The van der Waals surface area contributed by atoms with E-state index >= 15 is 0 Å². The fourth-order valence-corrected chi connectivity index (χ4v) is 2.20. The SMILES string of the molecule is CSCCCCCNC(=O)Nc1ccc(O)c(C(=O)O)c1. The van der Waals surface area contributed by atoms with Crippen LogP contribution in [-0.2, 0) is 0 Å². The first-order valence-electron chi connectivity index (χ1n) is 6.64. The first kappa shape index (κ1) is 17.2. The summed E-state index contributed by atoms with van der Waals surface area (Å²) in [6, 6.07) is 3.51. The van der Waals surface area contributed by atoms with Crippen molar-refractivity contribution in [3.8, 4) is 5.75 Å². The second-order valence-electron chi connectivity index (χ2n) is 4.47. The lowest BCUT2D eigenvalue weighted by Crippen LogP contribution is -2.29. The standard InChI is InChI=1S/C14H20N2O4S/c1-21-8-4-2-3-7-15-14(20)16-10-5-6-12(17)11(9-10)13(18)19/h5-6,9,17H,2-4,7-8H2,1H3,(H,18,19)(H2,15,16,20). The van der Waals surface area contributed by atoms with Crippen LogP contribution in [0, 0.1) is 0 Å².